The summed E-state index contributed by atoms with van der Waals surface area (Å²) in [5, 5.41) is 0. The molecule has 0 spiro atoms. The van der Waals surface area contributed by atoms with Crippen molar-refractivity contribution in [3.8, 4) is 0 Å². The standard InChI is InChI=1S/C12H13/c1-3-6-11-8-5-9-12(10-11)7-4-2/h3-5,8-9H,1-2,6-7H2. The Morgan fingerprint density at radius 3 is 2.00 bits per heavy atom. The smallest absolute Gasteiger partial charge is 0.00939 e. The third kappa shape index (κ3) is 2.39. The lowest BCUT2D eigenvalue weighted by Crippen LogP contribution is -1.85. The normalized spacial score (nSPS) is 9.33. The molecule has 1 rings (SSSR count). The van der Waals surface area contributed by atoms with E-state index in [0.717, 1.165) is 12.8 Å². The number of rotatable bonds is 4. The first kappa shape index (κ1) is 8.79. The Balaban J connectivity index is 2.79. The van der Waals surface area contributed by atoms with Crippen LogP contribution in [0.1, 0.15) is 11.1 Å². The molecule has 0 amide bonds. The van der Waals surface area contributed by atoms with E-state index in [-0.39, 0.29) is 0 Å². The SMILES string of the molecule is C=CCc1[c]c(CC=C)ccc1. The molecule has 0 aliphatic carbocycles. The van der Waals surface area contributed by atoms with Gasteiger partial charge in [-0.05, 0) is 30.0 Å². The summed E-state index contributed by atoms with van der Waals surface area (Å²) in [6.45, 7) is 7.38. The molecule has 0 fully saturated rings. The van der Waals surface area contributed by atoms with E-state index in [0.29, 0.717) is 0 Å². The summed E-state index contributed by atoms with van der Waals surface area (Å²) in [5.74, 6) is 0. The molecule has 0 atom stereocenters. The largest absolute Gasteiger partial charge is 0.103 e. The molecule has 0 aliphatic rings. The third-order valence-corrected chi connectivity index (χ3v) is 1.64. The van der Waals surface area contributed by atoms with Crippen LogP contribution in [-0.2, 0) is 12.8 Å². The van der Waals surface area contributed by atoms with Crippen LogP contribution in [-0.4, -0.2) is 0 Å². The molecule has 0 N–H and O–H groups in total. The molecule has 0 aliphatic heterocycles. The third-order valence-electron chi connectivity index (χ3n) is 1.64. The van der Waals surface area contributed by atoms with Crippen LogP contribution in [0, 0.1) is 6.07 Å². The Bertz CT molecular complexity index is 246. The number of hydrogen-bond acceptors (Lipinski definition) is 0. The summed E-state index contributed by atoms with van der Waals surface area (Å²) in [6, 6.07) is 9.48. The van der Waals surface area contributed by atoms with Gasteiger partial charge in [-0.15, -0.1) is 13.2 Å². The van der Waals surface area contributed by atoms with Crippen molar-refractivity contribution in [2.24, 2.45) is 0 Å². The number of hydrogen-bond donors (Lipinski definition) is 0. The lowest BCUT2D eigenvalue weighted by Gasteiger charge is -1.98. The average molecular weight is 157 g/mol. The zero-order valence-electron chi connectivity index (χ0n) is 7.22. The van der Waals surface area contributed by atoms with Crippen LogP contribution in [0.15, 0.2) is 43.5 Å². The van der Waals surface area contributed by atoms with Crippen LogP contribution in [0.2, 0.25) is 0 Å². The fourth-order valence-corrected chi connectivity index (χ4v) is 1.12. The molecule has 0 heteroatoms. The van der Waals surface area contributed by atoms with Crippen molar-refractivity contribution in [2.45, 2.75) is 12.8 Å². The predicted octanol–water partition coefficient (Wildman–Crippen LogP) is 2.94. The van der Waals surface area contributed by atoms with Crippen LogP contribution >= 0.6 is 0 Å². The Hall–Kier alpha value is -1.30. The summed E-state index contributed by atoms with van der Waals surface area (Å²) < 4.78 is 0. The molecular weight excluding hydrogens is 144 g/mol. The van der Waals surface area contributed by atoms with Gasteiger partial charge in [0.05, 0.1) is 0 Å². The molecule has 0 aromatic heterocycles. The second-order valence-corrected chi connectivity index (χ2v) is 2.69. The van der Waals surface area contributed by atoms with E-state index in [2.05, 4.69) is 31.4 Å². The van der Waals surface area contributed by atoms with Gasteiger partial charge in [0.25, 0.3) is 0 Å². The first-order valence-electron chi connectivity index (χ1n) is 4.08. The first-order chi connectivity index (χ1) is 5.86. The molecule has 0 nitrogen and oxygen atoms in total. The minimum absolute atomic E-state index is 0.894. The van der Waals surface area contributed by atoms with Crippen molar-refractivity contribution < 1.29 is 0 Å². The van der Waals surface area contributed by atoms with Gasteiger partial charge in [-0.2, -0.15) is 0 Å². The van der Waals surface area contributed by atoms with Gasteiger partial charge in [-0.25, -0.2) is 0 Å². The molecule has 12 heavy (non-hydrogen) atoms. The van der Waals surface area contributed by atoms with Gasteiger partial charge in [-0.3, -0.25) is 0 Å². The van der Waals surface area contributed by atoms with E-state index in [1.165, 1.54) is 11.1 Å². The molecule has 61 valence electrons. The summed E-state index contributed by atoms with van der Waals surface area (Å²) >= 11 is 0. The Labute approximate surface area is 74.2 Å². The van der Waals surface area contributed by atoms with Gasteiger partial charge in [-0.1, -0.05) is 30.4 Å². The number of allylic oxidation sites excluding steroid dienone is 2. The van der Waals surface area contributed by atoms with Crippen molar-refractivity contribution in [3.05, 3.63) is 60.7 Å². The molecule has 0 unspecified atom stereocenters. The minimum Gasteiger partial charge on any atom is -0.103 e. The maximum atomic E-state index is 3.69. The molecule has 0 saturated heterocycles. The number of benzene rings is 1. The summed E-state index contributed by atoms with van der Waals surface area (Å²) in [5.41, 5.74) is 2.40. The van der Waals surface area contributed by atoms with E-state index in [9.17, 15) is 0 Å². The van der Waals surface area contributed by atoms with Gasteiger partial charge < -0.3 is 0 Å². The predicted molar refractivity (Wildman–Crippen MR) is 53.1 cm³/mol. The lowest BCUT2D eigenvalue weighted by atomic mass is 10.1. The van der Waals surface area contributed by atoms with E-state index in [1.807, 2.05) is 18.2 Å². The van der Waals surface area contributed by atoms with Gasteiger partial charge in [0.15, 0.2) is 0 Å². The lowest BCUT2D eigenvalue weighted by molar-refractivity contribution is 1.20. The molecule has 1 radical (unpaired) electrons. The molecule has 0 bridgehead atoms. The quantitative estimate of drug-likeness (QED) is 0.589. The zero-order valence-corrected chi connectivity index (χ0v) is 7.22. The van der Waals surface area contributed by atoms with Crippen LogP contribution in [0.3, 0.4) is 0 Å². The maximum Gasteiger partial charge on any atom is -0.00939 e. The topological polar surface area (TPSA) is 0 Å². The van der Waals surface area contributed by atoms with Crippen molar-refractivity contribution in [3.63, 3.8) is 0 Å². The fourth-order valence-electron chi connectivity index (χ4n) is 1.12. The first-order valence-corrected chi connectivity index (χ1v) is 4.08. The van der Waals surface area contributed by atoms with E-state index in [4.69, 9.17) is 0 Å². The van der Waals surface area contributed by atoms with E-state index >= 15 is 0 Å². The van der Waals surface area contributed by atoms with Crippen molar-refractivity contribution in [1.82, 2.24) is 0 Å². The van der Waals surface area contributed by atoms with Crippen LogP contribution in [0.4, 0.5) is 0 Å². The molecule has 1 aromatic carbocycles. The molecule has 1 aromatic rings. The highest BCUT2D eigenvalue weighted by Crippen LogP contribution is 2.06. The molecule has 0 saturated carbocycles. The Morgan fingerprint density at radius 1 is 1.08 bits per heavy atom. The van der Waals surface area contributed by atoms with Gasteiger partial charge in [0, 0.05) is 0 Å². The van der Waals surface area contributed by atoms with Crippen molar-refractivity contribution in [1.29, 1.82) is 0 Å². The Morgan fingerprint density at radius 2 is 1.58 bits per heavy atom. The summed E-state index contributed by atoms with van der Waals surface area (Å²) in [4.78, 5) is 0. The van der Waals surface area contributed by atoms with Gasteiger partial charge in [0.1, 0.15) is 0 Å². The maximum absolute atomic E-state index is 3.69. The monoisotopic (exact) mass is 157 g/mol. The van der Waals surface area contributed by atoms with Gasteiger partial charge in [0.2, 0.25) is 0 Å². The van der Waals surface area contributed by atoms with Crippen LogP contribution < -0.4 is 0 Å². The van der Waals surface area contributed by atoms with Crippen LogP contribution in [0.5, 0.6) is 0 Å². The highest BCUT2D eigenvalue weighted by molar-refractivity contribution is 5.24. The fraction of sp³-hybridized carbons (Fsp3) is 0.167. The summed E-state index contributed by atoms with van der Waals surface area (Å²) in [6.07, 6.45) is 5.57. The highest BCUT2D eigenvalue weighted by Gasteiger charge is 1.92. The van der Waals surface area contributed by atoms with Crippen molar-refractivity contribution >= 4 is 0 Å². The second-order valence-electron chi connectivity index (χ2n) is 2.69. The Kier molecular flexibility index (Phi) is 3.34. The van der Waals surface area contributed by atoms with Gasteiger partial charge >= 0.3 is 0 Å². The zero-order chi connectivity index (χ0) is 8.81. The van der Waals surface area contributed by atoms with Crippen molar-refractivity contribution in [2.75, 3.05) is 0 Å². The van der Waals surface area contributed by atoms with E-state index in [1.54, 1.807) is 0 Å². The van der Waals surface area contributed by atoms with E-state index < -0.39 is 0 Å². The minimum atomic E-state index is 0.894. The highest BCUT2D eigenvalue weighted by atomic mass is 14.0. The summed E-state index contributed by atoms with van der Waals surface area (Å²) in [7, 11) is 0. The van der Waals surface area contributed by atoms with Crippen LogP contribution in [0.25, 0.3) is 0 Å². The molecular formula is C12H13. The second kappa shape index (κ2) is 4.55. The molecule has 0 heterocycles. The average Bonchev–Trinajstić information content (AvgIpc) is 2.06.